The summed E-state index contributed by atoms with van der Waals surface area (Å²) in [6, 6.07) is 38.5. The normalized spacial score (nSPS) is 10.9. The van der Waals surface area contributed by atoms with E-state index in [2.05, 4.69) is 30.3 Å². The van der Waals surface area contributed by atoms with Crippen molar-refractivity contribution in [3.05, 3.63) is 130 Å². The number of nitrogens with zero attached hydrogens (tertiary/aromatic N) is 9. The molecule has 50 heavy (non-hydrogen) atoms. The molecule has 0 amide bonds. The SMILES string of the molecule is Cc1cc(C)nc(-c2c(-n3c4cc(C#N)ccc4c4ccc(C#N)cc43)cc(C#N)cc2-n2c3cc(C#N)ccc3c3ccc(C#N)cc32)n1. The van der Waals surface area contributed by atoms with E-state index in [1.54, 1.807) is 60.7 Å². The molecule has 0 saturated carbocycles. The minimum atomic E-state index is 0.328. The van der Waals surface area contributed by atoms with Crippen molar-refractivity contribution in [1.29, 1.82) is 26.3 Å². The zero-order chi connectivity index (χ0) is 34.7. The molecular formula is C41H21N9. The highest BCUT2D eigenvalue weighted by Gasteiger charge is 2.25. The molecule has 0 radical (unpaired) electrons. The van der Waals surface area contributed by atoms with Crippen molar-refractivity contribution in [2.24, 2.45) is 0 Å². The van der Waals surface area contributed by atoms with Gasteiger partial charge < -0.3 is 9.13 Å². The molecule has 8 rings (SSSR count). The fourth-order valence-corrected chi connectivity index (χ4v) is 6.93. The average molecular weight is 640 g/mol. The van der Waals surface area contributed by atoms with Crippen molar-refractivity contribution in [2.45, 2.75) is 13.8 Å². The Bertz CT molecular complexity index is 2680. The molecule has 3 heterocycles. The first kappa shape index (κ1) is 29.6. The van der Waals surface area contributed by atoms with Gasteiger partial charge in [0.05, 0.1) is 97.2 Å². The van der Waals surface area contributed by atoms with Crippen LogP contribution < -0.4 is 0 Å². The molecule has 0 saturated heterocycles. The fourth-order valence-electron chi connectivity index (χ4n) is 6.93. The van der Waals surface area contributed by atoms with Gasteiger partial charge in [-0.15, -0.1) is 0 Å². The van der Waals surface area contributed by atoms with Crippen molar-refractivity contribution in [1.82, 2.24) is 19.1 Å². The van der Waals surface area contributed by atoms with Gasteiger partial charge in [0, 0.05) is 32.9 Å². The highest BCUT2D eigenvalue weighted by atomic mass is 15.0. The molecule has 0 fully saturated rings. The standard InChI is InChI=1S/C41H21N9/c1-23-11-24(2)48-41(47-23)40-38(49-34-12-25(18-42)3-7-30(34)31-8-4-26(19-43)13-35(31)49)16-29(22-46)17-39(40)50-36-14-27(20-44)5-9-32(36)33-10-6-28(21-45)15-37(33)50/h3-17H,1-2H3. The number of fused-ring (bicyclic) bond motifs is 6. The summed E-state index contributed by atoms with van der Waals surface area (Å²) in [6.45, 7) is 3.78. The van der Waals surface area contributed by atoms with Gasteiger partial charge in [0.15, 0.2) is 5.82 Å². The molecule has 0 unspecified atom stereocenters. The van der Waals surface area contributed by atoms with Gasteiger partial charge in [-0.3, -0.25) is 0 Å². The molecule has 5 aromatic carbocycles. The zero-order valence-corrected chi connectivity index (χ0v) is 26.7. The van der Waals surface area contributed by atoms with Crippen molar-refractivity contribution in [3.8, 4) is 53.1 Å². The lowest BCUT2D eigenvalue weighted by Gasteiger charge is -2.20. The largest absolute Gasteiger partial charge is 0.308 e. The zero-order valence-electron chi connectivity index (χ0n) is 26.7. The van der Waals surface area contributed by atoms with Crippen LogP contribution in [0.25, 0.3) is 66.4 Å². The third kappa shape index (κ3) is 4.43. The van der Waals surface area contributed by atoms with Gasteiger partial charge in [-0.1, -0.05) is 24.3 Å². The number of nitriles is 5. The summed E-state index contributed by atoms with van der Waals surface area (Å²) in [4.78, 5) is 9.85. The summed E-state index contributed by atoms with van der Waals surface area (Å²) in [5.74, 6) is 0.391. The summed E-state index contributed by atoms with van der Waals surface area (Å²) in [6.07, 6.45) is 0. The van der Waals surface area contributed by atoms with E-state index >= 15 is 0 Å². The minimum Gasteiger partial charge on any atom is -0.308 e. The number of hydrogen-bond donors (Lipinski definition) is 0. The van der Waals surface area contributed by atoms with Crippen LogP contribution in [0.4, 0.5) is 0 Å². The Morgan fingerprint density at radius 2 is 0.740 bits per heavy atom. The smallest absolute Gasteiger partial charge is 0.163 e. The molecule has 9 heteroatoms. The lowest BCUT2D eigenvalue weighted by molar-refractivity contribution is 1.04. The maximum Gasteiger partial charge on any atom is 0.163 e. The predicted molar refractivity (Wildman–Crippen MR) is 189 cm³/mol. The molecule has 0 atom stereocenters. The lowest BCUT2D eigenvalue weighted by Crippen LogP contribution is -2.08. The Labute approximate surface area is 285 Å². The molecular weight excluding hydrogens is 619 g/mol. The van der Waals surface area contributed by atoms with Crippen LogP contribution in [0, 0.1) is 70.5 Å². The molecule has 0 aliphatic rings. The highest BCUT2D eigenvalue weighted by molar-refractivity contribution is 6.12. The molecule has 9 nitrogen and oxygen atoms in total. The van der Waals surface area contributed by atoms with Crippen LogP contribution in [0.3, 0.4) is 0 Å². The monoisotopic (exact) mass is 639 g/mol. The number of hydrogen-bond acceptors (Lipinski definition) is 7. The number of benzene rings is 5. The Hall–Kier alpha value is -7.77. The van der Waals surface area contributed by atoms with Gasteiger partial charge in [0.1, 0.15) is 0 Å². The number of rotatable bonds is 3. The Kier molecular flexibility index (Phi) is 6.63. The number of aromatic nitrogens is 4. The third-order valence-electron chi connectivity index (χ3n) is 8.96. The predicted octanol–water partition coefficient (Wildman–Crippen LogP) is 8.31. The first-order valence-electron chi connectivity index (χ1n) is 15.5. The third-order valence-corrected chi connectivity index (χ3v) is 8.96. The van der Waals surface area contributed by atoms with E-state index in [1.165, 1.54) is 0 Å². The topological polar surface area (TPSA) is 155 Å². The van der Waals surface area contributed by atoms with Crippen LogP contribution in [0.1, 0.15) is 39.2 Å². The highest BCUT2D eigenvalue weighted by Crippen LogP contribution is 2.42. The summed E-state index contributed by atoms with van der Waals surface area (Å²) >= 11 is 0. The van der Waals surface area contributed by atoms with Crippen molar-refractivity contribution >= 4 is 43.6 Å². The summed E-state index contributed by atoms with van der Waals surface area (Å²) in [5, 5.41) is 53.7. The van der Waals surface area contributed by atoms with Gasteiger partial charge in [-0.2, -0.15) is 26.3 Å². The van der Waals surface area contributed by atoms with Crippen molar-refractivity contribution < 1.29 is 0 Å². The van der Waals surface area contributed by atoms with Gasteiger partial charge >= 0.3 is 0 Å². The van der Waals surface area contributed by atoms with Crippen LogP contribution in [0.2, 0.25) is 0 Å². The average Bonchev–Trinajstić information content (AvgIpc) is 3.64. The number of aryl methyl sites for hydroxylation is 2. The van der Waals surface area contributed by atoms with Crippen molar-refractivity contribution in [2.75, 3.05) is 0 Å². The molecule has 0 aliphatic carbocycles. The van der Waals surface area contributed by atoms with Crippen LogP contribution in [0.5, 0.6) is 0 Å². The maximum atomic E-state index is 10.5. The quantitative estimate of drug-likeness (QED) is 0.188. The summed E-state index contributed by atoms with van der Waals surface area (Å²) in [7, 11) is 0. The van der Waals surface area contributed by atoms with Gasteiger partial charge in [0.2, 0.25) is 0 Å². The molecule has 0 spiro atoms. The fraction of sp³-hybridized carbons (Fsp3) is 0.0488. The van der Waals surface area contributed by atoms with E-state index in [4.69, 9.17) is 9.97 Å². The second-order valence-electron chi connectivity index (χ2n) is 12.0. The second kappa shape index (κ2) is 11.2. The van der Waals surface area contributed by atoms with Gasteiger partial charge in [-0.25, -0.2) is 9.97 Å². The molecule has 230 valence electrons. The van der Waals surface area contributed by atoms with Gasteiger partial charge in [0.25, 0.3) is 0 Å². The van der Waals surface area contributed by atoms with E-state index in [0.717, 1.165) is 32.9 Å². The first-order chi connectivity index (χ1) is 24.3. The first-order valence-corrected chi connectivity index (χ1v) is 15.5. The Morgan fingerprint density at radius 1 is 0.420 bits per heavy atom. The lowest BCUT2D eigenvalue weighted by atomic mass is 10.0. The Balaban J connectivity index is 1.65. The van der Waals surface area contributed by atoms with E-state index in [9.17, 15) is 26.3 Å². The molecule has 0 aliphatic heterocycles. The van der Waals surface area contributed by atoms with E-state index < -0.39 is 0 Å². The van der Waals surface area contributed by atoms with Gasteiger partial charge in [-0.05, 0) is 80.6 Å². The van der Waals surface area contributed by atoms with E-state index in [-0.39, 0.29) is 0 Å². The maximum absolute atomic E-state index is 10.5. The van der Waals surface area contributed by atoms with Crippen molar-refractivity contribution in [3.63, 3.8) is 0 Å². The van der Waals surface area contributed by atoms with E-state index in [0.29, 0.717) is 72.6 Å². The van der Waals surface area contributed by atoms with Crippen LogP contribution >= 0.6 is 0 Å². The second-order valence-corrected chi connectivity index (χ2v) is 12.0. The van der Waals surface area contributed by atoms with Crippen LogP contribution in [-0.2, 0) is 0 Å². The Morgan fingerprint density at radius 3 is 1.04 bits per heavy atom. The van der Waals surface area contributed by atoms with E-state index in [1.807, 2.05) is 53.3 Å². The summed E-state index contributed by atoms with van der Waals surface area (Å²) in [5.41, 5.74) is 8.02. The molecule has 3 aromatic heterocycles. The summed E-state index contributed by atoms with van der Waals surface area (Å²) < 4.78 is 3.92. The van der Waals surface area contributed by atoms with Crippen LogP contribution in [-0.4, -0.2) is 19.1 Å². The minimum absolute atomic E-state index is 0.328. The molecule has 8 aromatic rings. The molecule has 0 bridgehead atoms. The molecule has 0 N–H and O–H groups in total. The van der Waals surface area contributed by atoms with Crippen LogP contribution in [0.15, 0.2) is 91.0 Å².